The summed E-state index contributed by atoms with van der Waals surface area (Å²) in [5, 5.41) is 9.62. The fourth-order valence-electron chi connectivity index (χ4n) is 3.56. The van der Waals surface area contributed by atoms with E-state index in [-0.39, 0.29) is 6.42 Å². The number of hydrogen-bond acceptors (Lipinski definition) is 4. The van der Waals surface area contributed by atoms with Crippen LogP contribution < -0.4 is 0 Å². The van der Waals surface area contributed by atoms with Crippen molar-refractivity contribution in [3.63, 3.8) is 0 Å². The van der Waals surface area contributed by atoms with Gasteiger partial charge in [0.05, 0.1) is 12.1 Å². The van der Waals surface area contributed by atoms with Gasteiger partial charge >= 0.3 is 5.97 Å². The monoisotopic (exact) mass is 311 g/mol. The molecule has 1 aromatic heterocycles. The summed E-state index contributed by atoms with van der Waals surface area (Å²) in [6.45, 7) is 1.93. The normalized spacial score (nSPS) is 24.6. The van der Waals surface area contributed by atoms with Crippen LogP contribution in [-0.2, 0) is 11.2 Å². The van der Waals surface area contributed by atoms with E-state index < -0.39 is 5.97 Å². The number of aryl methyl sites for hydroxylation is 1. The molecular weight excluding hydrogens is 290 g/mol. The van der Waals surface area contributed by atoms with Crippen LogP contribution in [0, 0.1) is 12.3 Å². The van der Waals surface area contributed by atoms with Crippen LogP contribution in [0.15, 0.2) is 4.34 Å². The third-order valence-corrected chi connectivity index (χ3v) is 7.67. The maximum atomic E-state index is 10.8. The standard InChI is InChI=1S/C15H21NO2S2/c1-10-11(9-13(17)18)19-14(16-10)20-12-5-8-15(12)6-3-2-4-7-15/h12H,2-9H2,1H3,(H,17,18). The lowest BCUT2D eigenvalue weighted by atomic mass is 9.60. The molecule has 1 spiro atoms. The lowest BCUT2D eigenvalue weighted by Crippen LogP contribution is -2.44. The van der Waals surface area contributed by atoms with Crippen molar-refractivity contribution in [2.24, 2.45) is 5.41 Å². The lowest BCUT2D eigenvalue weighted by Gasteiger charge is -2.51. The smallest absolute Gasteiger partial charge is 0.308 e. The molecule has 2 fully saturated rings. The summed E-state index contributed by atoms with van der Waals surface area (Å²) in [6.07, 6.45) is 9.75. The number of hydrogen-bond donors (Lipinski definition) is 1. The molecule has 1 heterocycles. The number of thiazole rings is 1. The van der Waals surface area contributed by atoms with Crippen LogP contribution in [-0.4, -0.2) is 21.3 Å². The van der Waals surface area contributed by atoms with E-state index in [4.69, 9.17) is 5.11 Å². The Morgan fingerprint density at radius 2 is 2.15 bits per heavy atom. The molecule has 20 heavy (non-hydrogen) atoms. The highest BCUT2D eigenvalue weighted by Crippen LogP contribution is 2.58. The molecule has 1 aromatic rings. The maximum Gasteiger partial charge on any atom is 0.308 e. The molecule has 0 bridgehead atoms. The van der Waals surface area contributed by atoms with Gasteiger partial charge in [-0.1, -0.05) is 31.0 Å². The van der Waals surface area contributed by atoms with Crippen molar-refractivity contribution < 1.29 is 9.90 Å². The Morgan fingerprint density at radius 1 is 1.40 bits per heavy atom. The molecule has 3 nitrogen and oxygen atoms in total. The van der Waals surface area contributed by atoms with Gasteiger partial charge < -0.3 is 5.11 Å². The average molecular weight is 311 g/mol. The first-order chi connectivity index (χ1) is 9.59. The largest absolute Gasteiger partial charge is 0.481 e. The third kappa shape index (κ3) is 2.75. The van der Waals surface area contributed by atoms with Gasteiger partial charge in [0.1, 0.15) is 0 Å². The Balaban J connectivity index is 1.67. The fraction of sp³-hybridized carbons (Fsp3) is 0.733. The van der Waals surface area contributed by atoms with Gasteiger partial charge in [-0.05, 0) is 38.0 Å². The second kappa shape index (κ2) is 5.68. The SMILES string of the molecule is Cc1nc(SC2CCC23CCCCC3)sc1CC(=O)O. The molecule has 1 atom stereocenters. The Morgan fingerprint density at radius 3 is 2.75 bits per heavy atom. The minimum Gasteiger partial charge on any atom is -0.481 e. The van der Waals surface area contributed by atoms with Crippen LogP contribution in [0.3, 0.4) is 0 Å². The topological polar surface area (TPSA) is 50.2 Å². The molecule has 2 saturated carbocycles. The van der Waals surface area contributed by atoms with E-state index in [0.29, 0.717) is 10.7 Å². The average Bonchev–Trinajstić information content (AvgIpc) is 2.76. The molecule has 110 valence electrons. The Bertz CT molecular complexity index is 506. The molecule has 0 saturated heterocycles. The van der Waals surface area contributed by atoms with Gasteiger partial charge in [-0.3, -0.25) is 4.79 Å². The molecule has 0 amide bonds. The third-order valence-electron chi connectivity index (χ3n) is 4.86. The van der Waals surface area contributed by atoms with E-state index in [9.17, 15) is 4.79 Å². The number of thioether (sulfide) groups is 1. The van der Waals surface area contributed by atoms with Crippen LogP contribution in [0.1, 0.15) is 55.5 Å². The van der Waals surface area contributed by atoms with Gasteiger partial charge in [-0.15, -0.1) is 11.3 Å². The summed E-state index contributed by atoms with van der Waals surface area (Å²) in [4.78, 5) is 16.3. The number of aromatic nitrogens is 1. The fourth-order valence-corrected chi connectivity index (χ4v) is 6.45. The Hall–Kier alpha value is -0.550. The summed E-state index contributed by atoms with van der Waals surface area (Å²) in [5.41, 5.74) is 1.48. The first kappa shape index (κ1) is 14.4. The highest BCUT2D eigenvalue weighted by molar-refractivity contribution is 8.01. The molecule has 5 heteroatoms. The van der Waals surface area contributed by atoms with E-state index in [2.05, 4.69) is 4.98 Å². The first-order valence-corrected chi connectivity index (χ1v) is 9.13. The zero-order valence-corrected chi connectivity index (χ0v) is 13.5. The lowest BCUT2D eigenvalue weighted by molar-refractivity contribution is -0.136. The number of carbonyl (C=O) groups is 1. The minimum atomic E-state index is -0.763. The minimum absolute atomic E-state index is 0.111. The first-order valence-electron chi connectivity index (χ1n) is 7.44. The number of rotatable bonds is 4. The van der Waals surface area contributed by atoms with Gasteiger partial charge in [0.25, 0.3) is 0 Å². The molecule has 1 N–H and O–H groups in total. The van der Waals surface area contributed by atoms with Crippen molar-refractivity contribution in [3.8, 4) is 0 Å². The van der Waals surface area contributed by atoms with E-state index in [0.717, 1.165) is 14.9 Å². The van der Waals surface area contributed by atoms with Crippen LogP contribution in [0.25, 0.3) is 0 Å². The summed E-state index contributed by atoms with van der Waals surface area (Å²) >= 11 is 3.50. The van der Waals surface area contributed by atoms with Gasteiger partial charge in [0.2, 0.25) is 0 Å². The van der Waals surface area contributed by atoms with E-state index >= 15 is 0 Å². The number of carboxylic acids is 1. The van der Waals surface area contributed by atoms with Gasteiger partial charge in [-0.2, -0.15) is 0 Å². The highest BCUT2D eigenvalue weighted by atomic mass is 32.2. The molecule has 1 unspecified atom stereocenters. The molecule has 0 aromatic carbocycles. The molecule has 0 aliphatic heterocycles. The molecular formula is C15H21NO2S2. The van der Waals surface area contributed by atoms with E-state index in [1.807, 2.05) is 18.7 Å². The molecule has 0 radical (unpaired) electrons. The summed E-state index contributed by atoms with van der Waals surface area (Å²) < 4.78 is 1.08. The Kier molecular flexibility index (Phi) is 4.09. The van der Waals surface area contributed by atoms with Crippen LogP contribution >= 0.6 is 23.1 Å². The van der Waals surface area contributed by atoms with Crippen LogP contribution in [0.2, 0.25) is 0 Å². The number of carboxylic acid groups (broad SMARTS) is 1. The predicted molar refractivity (Wildman–Crippen MR) is 82.6 cm³/mol. The van der Waals surface area contributed by atoms with E-state index in [1.165, 1.54) is 44.9 Å². The number of nitrogens with zero attached hydrogens (tertiary/aromatic N) is 1. The van der Waals surface area contributed by atoms with Crippen molar-refractivity contribution in [1.82, 2.24) is 4.98 Å². The van der Waals surface area contributed by atoms with Gasteiger partial charge in [0, 0.05) is 10.1 Å². The molecule has 2 aliphatic rings. The van der Waals surface area contributed by atoms with Crippen molar-refractivity contribution in [2.45, 2.75) is 67.9 Å². The summed E-state index contributed by atoms with van der Waals surface area (Å²) in [6, 6.07) is 0. The quantitative estimate of drug-likeness (QED) is 0.901. The van der Waals surface area contributed by atoms with Crippen molar-refractivity contribution in [3.05, 3.63) is 10.6 Å². The zero-order valence-electron chi connectivity index (χ0n) is 11.9. The summed E-state index contributed by atoms with van der Waals surface area (Å²) in [5.74, 6) is -0.763. The van der Waals surface area contributed by atoms with Crippen LogP contribution in [0.4, 0.5) is 0 Å². The molecule has 3 rings (SSSR count). The van der Waals surface area contributed by atoms with E-state index in [1.54, 1.807) is 11.3 Å². The number of aliphatic carboxylic acids is 1. The molecule has 2 aliphatic carbocycles. The van der Waals surface area contributed by atoms with Crippen molar-refractivity contribution in [2.75, 3.05) is 0 Å². The second-order valence-corrected chi connectivity index (χ2v) is 8.66. The summed E-state index contributed by atoms with van der Waals surface area (Å²) in [7, 11) is 0. The predicted octanol–water partition coefficient (Wildman–Crippen LogP) is 4.28. The Labute approximate surface area is 128 Å². The van der Waals surface area contributed by atoms with Crippen molar-refractivity contribution in [1.29, 1.82) is 0 Å². The van der Waals surface area contributed by atoms with Crippen molar-refractivity contribution >= 4 is 29.1 Å². The van der Waals surface area contributed by atoms with Gasteiger partial charge in [-0.25, -0.2) is 4.98 Å². The van der Waals surface area contributed by atoms with Crippen LogP contribution in [0.5, 0.6) is 0 Å². The van der Waals surface area contributed by atoms with Gasteiger partial charge in [0.15, 0.2) is 4.34 Å². The second-order valence-electron chi connectivity index (χ2n) is 6.13. The highest BCUT2D eigenvalue weighted by Gasteiger charge is 2.47. The zero-order chi connectivity index (χ0) is 14.2. The maximum absolute atomic E-state index is 10.8.